The van der Waals surface area contributed by atoms with E-state index in [4.69, 9.17) is 16.3 Å². The Labute approximate surface area is 168 Å². The normalized spacial score (nSPS) is 10.2. The van der Waals surface area contributed by atoms with Gasteiger partial charge in [-0.25, -0.2) is 0 Å². The van der Waals surface area contributed by atoms with Crippen LogP contribution >= 0.6 is 11.6 Å². The van der Waals surface area contributed by atoms with E-state index in [9.17, 15) is 9.59 Å². The van der Waals surface area contributed by atoms with Gasteiger partial charge in [0.2, 0.25) is 5.91 Å². The Kier molecular flexibility index (Phi) is 6.29. The predicted octanol–water partition coefficient (Wildman–Crippen LogP) is 5.13. The number of benzene rings is 3. The summed E-state index contributed by atoms with van der Waals surface area (Å²) in [5.74, 6) is 0.245. The third kappa shape index (κ3) is 5.59. The second-order valence-electron chi connectivity index (χ2n) is 6.16. The topological polar surface area (TPSA) is 67.4 Å². The summed E-state index contributed by atoms with van der Waals surface area (Å²) >= 11 is 5.87. The molecule has 0 aliphatic carbocycles. The Morgan fingerprint density at radius 3 is 2.29 bits per heavy atom. The largest absolute Gasteiger partial charge is 0.489 e. The summed E-state index contributed by atoms with van der Waals surface area (Å²) in [5, 5.41) is 6.17. The minimum Gasteiger partial charge on any atom is -0.489 e. The second kappa shape index (κ2) is 9.06. The first kappa shape index (κ1) is 19.5. The summed E-state index contributed by atoms with van der Waals surface area (Å²) in [4.78, 5) is 23.6. The Hall–Kier alpha value is -3.31. The van der Waals surface area contributed by atoms with Crippen LogP contribution in [0.3, 0.4) is 0 Å². The molecule has 3 aromatic carbocycles. The van der Waals surface area contributed by atoms with Crippen LogP contribution in [-0.4, -0.2) is 11.8 Å². The smallest absolute Gasteiger partial charge is 0.255 e. The van der Waals surface area contributed by atoms with Crippen molar-refractivity contribution in [3.63, 3.8) is 0 Å². The number of hydrogen-bond acceptors (Lipinski definition) is 3. The van der Waals surface area contributed by atoms with Gasteiger partial charge < -0.3 is 15.4 Å². The molecule has 0 bridgehead atoms. The zero-order valence-electron chi connectivity index (χ0n) is 15.2. The van der Waals surface area contributed by atoms with E-state index in [1.807, 2.05) is 24.3 Å². The van der Waals surface area contributed by atoms with E-state index in [0.717, 1.165) is 5.56 Å². The highest BCUT2D eigenvalue weighted by Crippen LogP contribution is 2.19. The van der Waals surface area contributed by atoms with Crippen LogP contribution in [0.2, 0.25) is 5.02 Å². The molecule has 0 fully saturated rings. The molecule has 6 heteroatoms. The number of rotatable bonds is 6. The van der Waals surface area contributed by atoms with Gasteiger partial charge >= 0.3 is 0 Å². The first-order chi connectivity index (χ1) is 13.5. The maximum absolute atomic E-state index is 12.4. The standard InChI is InChI=1S/C22H19ClN2O3/c1-15(26)24-20-4-2-3-17(13-20)22(27)25-19-9-11-21(12-10-19)28-14-16-5-7-18(23)8-6-16/h2-13H,14H2,1H3,(H,24,26)(H,25,27). The maximum atomic E-state index is 12.4. The zero-order chi connectivity index (χ0) is 19.9. The van der Waals surface area contributed by atoms with E-state index in [-0.39, 0.29) is 11.8 Å². The minimum atomic E-state index is -0.262. The molecule has 0 atom stereocenters. The number of carbonyl (C=O) groups excluding carboxylic acids is 2. The van der Waals surface area contributed by atoms with Crippen LogP contribution in [0.15, 0.2) is 72.8 Å². The Morgan fingerprint density at radius 2 is 1.61 bits per heavy atom. The van der Waals surface area contributed by atoms with Crippen molar-refractivity contribution in [3.05, 3.63) is 88.9 Å². The summed E-state index contributed by atoms with van der Waals surface area (Å²) in [5.41, 5.74) is 2.69. The highest BCUT2D eigenvalue weighted by Gasteiger charge is 2.08. The summed E-state index contributed by atoms with van der Waals surface area (Å²) in [6.45, 7) is 1.85. The van der Waals surface area contributed by atoms with Gasteiger partial charge in [0.25, 0.3) is 5.91 Å². The molecule has 0 heterocycles. The van der Waals surface area contributed by atoms with Gasteiger partial charge in [0, 0.05) is 28.9 Å². The molecule has 3 aromatic rings. The van der Waals surface area contributed by atoms with Crippen molar-refractivity contribution < 1.29 is 14.3 Å². The predicted molar refractivity (Wildman–Crippen MR) is 111 cm³/mol. The van der Waals surface area contributed by atoms with Gasteiger partial charge in [-0.3, -0.25) is 9.59 Å². The molecule has 2 N–H and O–H groups in total. The molecular formula is C22H19ClN2O3. The Bertz CT molecular complexity index is 970. The van der Waals surface area contributed by atoms with Crippen LogP contribution in [0.1, 0.15) is 22.8 Å². The molecule has 0 unspecified atom stereocenters. The molecule has 5 nitrogen and oxygen atoms in total. The second-order valence-corrected chi connectivity index (χ2v) is 6.59. The van der Waals surface area contributed by atoms with E-state index in [1.54, 1.807) is 48.5 Å². The summed E-state index contributed by atoms with van der Waals surface area (Å²) in [7, 11) is 0. The van der Waals surface area contributed by atoms with Gasteiger partial charge in [-0.1, -0.05) is 29.8 Å². The molecule has 142 valence electrons. The van der Waals surface area contributed by atoms with Crippen molar-refractivity contribution in [2.24, 2.45) is 0 Å². The van der Waals surface area contributed by atoms with Gasteiger partial charge in [0.1, 0.15) is 12.4 Å². The van der Waals surface area contributed by atoms with Gasteiger partial charge in [-0.15, -0.1) is 0 Å². The Morgan fingerprint density at radius 1 is 0.893 bits per heavy atom. The fourth-order valence-electron chi connectivity index (χ4n) is 2.53. The lowest BCUT2D eigenvalue weighted by atomic mass is 10.2. The van der Waals surface area contributed by atoms with Crippen molar-refractivity contribution in [2.45, 2.75) is 13.5 Å². The number of carbonyl (C=O) groups is 2. The van der Waals surface area contributed by atoms with Gasteiger partial charge in [-0.2, -0.15) is 0 Å². The van der Waals surface area contributed by atoms with Crippen LogP contribution in [0.4, 0.5) is 11.4 Å². The van der Waals surface area contributed by atoms with E-state index >= 15 is 0 Å². The molecule has 0 saturated carbocycles. The number of amides is 2. The van der Waals surface area contributed by atoms with Crippen LogP contribution in [-0.2, 0) is 11.4 Å². The van der Waals surface area contributed by atoms with Crippen molar-refractivity contribution >= 4 is 34.8 Å². The molecule has 0 radical (unpaired) electrons. The summed E-state index contributed by atoms with van der Waals surface area (Å²) < 4.78 is 5.73. The van der Waals surface area contributed by atoms with Gasteiger partial charge in [-0.05, 0) is 60.2 Å². The van der Waals surface area contributed by atoms with Crippen LogP contribution in [0.25, 0.3) is 0 Å². The highest BCUT2D eigenvalue weighted by molar-refractivity contribution is 6.30. The first-order valence-corrected chi connectivity index (χ1v) is 9.04. The molecule has 0 saturated heterocycles. The fraction of sp³-hybridized carbons (Fsp3) is 0.0909. The SMILES string of the molecule is CC(=O)Nc1cccc(C(=O)Nc2ccc(OCc3ccc(Cl)cc3)cc2)c1. The number of nitrogens with one attached hydrogen (secondary N) is 2. The van der Waals surface area contributed by atoms with E-state index < -0.39 is 0 Å². The highest BCUT2D eigenvalue weighted by atomic mass is 35.5. The lowest BCUT2D eigenvalue weighted by Crippen LogP contribution is -2.13. The number of halogens is 1. The molecule has 0 aromatic heterocycles. The van der Waals surface area contributed by atoms with E-state index in [2.05, 4.69) is 10.6 Å². The monoisotopic (exact) mass is 394 g/mol. The zero-order valence-corrected chi connectivity index (χ0v) is 16.0. The van der Waals surface area contributed by atoms with E-state index in [0.29, 0.717) is 34.3 Å². The van der Waals surface area contributed by atoms with Crippen LogP contribution in [0, 0.1) is 0 Å². The van der Waals surface area contributed by atoms with Crippen molar-refractivity contribution in [2.75, 3.05) is 10.6 Å². The lowest BCUT2D eigenvalue weighted by molar-refractivity contribution is -0.114. The molecule has 28 heavy (non-hydrogen) atoms. The number of hydrogen-bond donors (Lipinski definition) is 2. The molecule has 0 aliphatic heterocycles. The molecule has 0 aliphatic rings. The average molecular weight is 395 g/mol. The number of ether oxygens (including phenoxy) is 1. The third-order valence-electron chi connectivity index (χ3n) is 3.88. The Balaban J connectivity index is 1.58. The molecular weight excluding hydrogens is 376 g/mol. The summed E-state index contributed by atoms with van der Waals surface area (Å²) in [6, 6.07) is 21.3. The van der Waals surface area contributed by atoms with Crippen molar-refractivity contribution in [1.29, 1.82) is 0 Å². The van der Waals surface area contributed by atoms with E-state index in [1.165, 1.54) is 6.92 Å². The number of anilines is 2. The van der Waals surface area contributed by atoms with Crippen LogP contribution in [0.5, 0.6) is 5.75 Å². The molecule has 0 spiro atoms. The van der Waals surface area contributed by atoms with Crippen molar-refractivity contribution in [1.82, 2.24) is 0 Å². The third-order valence-corrected chi connectivity index (χ3v) is 4.13. The van der Waals surface area contributed by atoms with Gasteiger partial charge in [0.05, 0.1) is 0 Å². The fourth-order valence-corrected chi connectivity index (χ4v) is 2.65. The minimum absolute atomic E-state index is 0.188. The average Bonchev–Trinajstić information content (AvgIpc) is 2.68. The van der Waals surface area contributed by atoms with Gasteiger partial charge in [0.15, 0.2) is 0 Å². The van der Waals surface area contributed by atoms with Crippen molar-refractivity contribution in [3.8, 4) is 5.75 Å². The quantitative estimate of drug-likeness (QED) is 0.609. The summed E-state index contributed by atoms with van der Waals surface area (Å²) in [6.07, 6.45) is 0. The first-order valence-electron chi connectivity index (χ1n) is 8.66. The lowest BCUT2D eigenvalue weighted by Gasteiger charge is -2.09. The molecule has 2 amide bonds. The van der Waals surface area contributed by atoms with Crippen LogP contribution < -0.4 is 15.4 Å². The maximum Gasteiger partial charge on any atom is 0.255 e. The molecule has 3 rings (SSSR count).